The molecule has 18 heavy (non-hydrogen) atoms. The third-order valence-electron chi connectivity index (χ3n) is 2.67. The molecule has 1 N–H and O–H groups in total. The number of hydrogen-bond donors (Lipinski definition) is 1. The van der Waals surface area contributed by atoms with Gasteiger partial charge in [-0.05, 0) is 31.5 Å². The van der Waals surface area contributed by atoms with Gasteiger partial charge < -0.3 is 14.2 Å². The Morgan fingerprint density at radius 3 is 2.72 bits per heavy atom. The van der Waals surface area contributed by atoms with E-state index in [1.807, 2.05) is 19.9 Å². The largest absolute Gasteiger partial charge is 0.468 e. The molecule has 0 radical (unpaired) electrons. The van der Waals surface area contributed by atoms with Gasteiger partial charge in [0.2, 0.25) is 6.79 Å². The molecule has 5 heteroatoms. The van der Waals surface area contributed by atoms with Crippen molar-refractivity contribution in [2.75, 3.05) is 13.9 Å². The summed E-state index contributed by atoms with van der Waals surface area (Å²) in [6.45, 7) is 4.17. The second-order valence-corrected chi connectivity index (χ2v) is 4.39. The predicted octanol–water partition coefficient (Wildman–Crippen LogP) is 1.63. The fraction of sp³-hybridized carbons (Fsp3) is 0.462. The number of ether oxygens (including phenoxy) is 3. The van der Waals surface area contributed by atoms with Crippen LogP contribution in [0, 0.1) is 0 Å². The summed E-state index contributed by atoms with van der Waals surface area (Å²) < 4.78 is 15.4. The summed E-state index contributed by atoms with van der Waals surface area (Å²) in [6, 6.07) is 5.11. The van der Waals surface area contributed by atoms with Crippen LogP contribution in [0.2, 0.25) is 0 Å². The summed E-state index contributed by atoms with van der Waals surface area (Å²) in [7, 11) is 1.38. The van der Waals surface area contributed by atoms with Crippen LogP contribution in [-0.4, -0.2) is 25.9 Å². The normalized spacial score (nSPS) is 14.7. The summed E-state index contributed by atoms with van der Waals surface area (Å²) in [6.07, 6.45) is 0. The number of hydrogen-bond acceptors (Lipinski definition) is 5. The minimum absolute atomic E-state index is 0.166. The molecular weight excluding hydrogens is 234 g/mol. The number of fused-ring (bicyclic) bond motifs is 1. The van der Waals surface area contributed by atoms with E-state index in [0.717, 1.165) is 5.56 Å². The van der Waals surface area contributed by atoms with Crippen LogP contribution in [0.15, 0.2) is 18.2 Å². The highest BCUT2D eigenvalue weighted by molar-refractivity contribution is 5.78. The molecule has 1 aromatic carbocycles. The lowest BCUT2D eigenvalue weighted by molar-refractivity contribution is -0.143. The second-order valence-electron chi connectivity index (χ2n) is 4.39. The Labute approximate surface area is 106 Å². The topological polar surface area (TPSA) is 56.8 Å². The Balaban J connectivity index is 2.27. The SMILES string of the molecule is COC(=O)C(NC(C)C)c1ccc2c(c1)OCO2. The van der Waals surface area contributed by atoms with Gasteiger partial charge in [0, 0.05) is 6.04 Å². The molecule has 2 rings (SSSR count). The first-order chi connectivity index (χ1) is 8.61. The summed E-state index contributed by atoms with van der Waals surface area (Å²) >= 11 is 0. The van der Waals surface area contributed by atoms with Crippen LogP contribution in [0.3, 0.4) is 0 Å². The molecule has 0 saturated carbocycles. The van der Waals surface area contributed by atoms with Crippen molar-refractivity contribution in [1.29, 1.82) is 0 Å². The minimum Gasteiger partial charge on any atom is -0.468 e. The average molecular weight is 251 g/mol. The van der Waals surface area contributed by atoms with E-state index < -0.39 is 6.04 Å². The summed E-state index contributed by atoms with van der Waals surface area (Å²) in [5.41, 5.74) is 0.805. The average Bonchev–Trinajstić information content (AvgIpc) is 2.81. The van der Waals surface area contributed by atoms with Crippen molar-refractivity contribution < 1.29 is 19.0 Å². The van der Waals surface area contributed by atoms with E-state index in [1.54, 1.807) is 12.1 Å². The lowest BCUT2D eigenvalue weighted by Crippen LogP contribution is -2.34. The zero-order chi connectivity index (χ0) is 13.1. The van der Waals surface area contributed by atoms with Gasteiger partial charge in [0.25, 0.3) is 0 Å². The van der Waals surface area contributed by atoms with Crippen LogP contribution in [-0.2, 0) is 9.53 Å². The van der Waals surface area contributed by atoms with Crippen molar-refractivity contribution in [3.63, 3.8) is 0 Å². The Morgan fingerprint density at radius 1 is 1.33 bits per heavy atom. The van der Waals surface area contributed by atoms with E-state index in [-0.39, 0.29) is 18.8 Å². The first-order valence-electron chi connectivity index (χ1n) is 5.85. The molecular formula is C13H17NO4. The van der Waals surface area contributed by atoms with E-state index in [4.69, 9.17) is 14.2 Å². The van der Waals surface area contributed by atoms with Gasteiger partial charge in [0.1, 0.15) is 6.04 Å². The third-order valence-corrected chi connectivity index (χ3v) is 2.67. The Hall–Kier alpha value is -1.75. The molecule has 5 nitrogen and oxygen atoms in total. The molecule has 1 aliphatic rings. The smallest absolute Gasteiger partial charge is 0.327 e. The van der Waals surface area contributed by atoms with Crippen LogP contribution in [0.4, 0.5) is 0 Å². The number of rotatable bonds is 4. The molecule has 0 bridgehead atoms. The molecule has 0 aliphatic carbocycles. The van der Waals surface area contributed by atoms with Gasteiger partial charge in [-0.1, -0.05) is 6.07 Å². The molecule has 0 spiro atoms. The molecule has 1 aliphatic heterocycles. The van der Waals surface area contributed by atoms with Crippen LogP contribution >= 0.6 is 0 Å². The fourth-order valence-corrected chi connectivity index (χ4v) is 1.84. The van der Waals surface area contributed by atoms with Gasteiger partial charge in [-0.2, -0.15) is 0 Å². The maximum atomic E-state index is 11.8. The first kappa shape index (κ1) is 12.7. The van der Waals surface area contributed by atoms with Crippen molar-refractivity contribution in [1.82, 2.24) is 5.32 Å². The Kier molecular flexibility index (Phi) is 3.72. The Morgan fingerprint density at radius 2 is 2.06 bits per heavy atom. The van der Waals surface area contributed by atoms with Crippen LogP contribution in [0.5, 0.6) is 11.5 Å². The van der Waals surface area contributed by atoms with Crippen LogP contribution in [0.1, 0.15) is 25.5 Å². The first-order valence-corrected chi connectivity index (χ1v) is 5.85. The van der Waals surface area contributed by atoms with Crippen molar-refractivity contribution in [3.8, 4) is 11.5 Å². The minimum atomic E-state index is -0.496. The third kappa shape index (κ3) is 2.56. The predicted molar refractivity (Wildman–Crippen MR) is 65.6 cm³/mol. The summed E-state index contributed by atoms with van der Waals surface area (Å²) in [5, 5.41) is 3.17. The molecule has 0 fully saturated rings. The number of esters is 1. The maximum Gasteiger partial charge on any atom is 0.327 e. The van der Waals surface area contributed by atoms with Crippen molar-refractivity contribution >= 4 is 5.97 Å². The Bertz CT molecular complexity index is 445. The van der Waals surface area contributed by atoms with E-state index in [1.165, 1.54) is 7.11 Å². The fourth-order valence-electron chi connectivity index (χ4n) is 1.84. The number of methoxy groups -OCH3 is 1. The van der Waals surface area contributed by atoms with Crippen molar-refractivity contribution in [2.24, 2.45) is 0 Å². The zero-order valence-electron chi connectivity index (χ0n) is 10.7. The van der Waals surface area contributed by atoms with Crippen molar-refractivity contribution in [2.45, 2.75) is 25.9 Å². The quantitative estimate of drug-likeness (QED) is 0.824. The number of nitrogens with one attached hydrogen (secondary N) is 1. The number of benzene rings is 1. The highest BCUT2D eigenvalue weighted by atomic mass is 16.7. The lowest BCUT2D eigenvalue weighted by atomic mass is 10.1. The molecule has 0 amide bonds. The monoisotopic (exact) mass is 251 g/mol. The van der Waals surface area contributed by atoms with E-state index in [0.29, 0.717) is 11.5 Å². The highest BCUT2D eigenvalue weighted by Crippen LogP contribution is 2.34. The maximum absolute atomic E-state index is 11.8. The molecule has 1 aromatic rings. The molecule has 0 saturated heterocycles. The number of carbonyl (C=O) groups is 1. The van der Waals surface area contributed by atoms with Gasteiger partial charge in [-0.3, -0.25) is 5.32 Å². The van der Waals surface area contributed by atoms with Gasteiger partial charge in [-0.25, -0.2) is 4.79 Å². The van der Waals surface area contributed by atoms with E-state index in [9.17, 15) is 4.79 Å². The second kappa shape index (κ2) is 5.27. The van der Waals surface area contributed by atoms with Gasteiger partial charge in [-0.15, -0.1) is 0 Å². The lowest BCUT2D eigenvalue weighted by Gasteiger charge is -2.19. The molecule has 1 atom stereocenters. The summed E-state index contributed by atoms with van der Waals surface area (Å²) in [5.74, 6) is 1.04. The highest BCUT2D eigenvalue weighted by Gasteiger charge is 2.24. The van der Waals surface area contributed by atoms with Gasteiger partial charge in [0.05, 0.1) is 7.11 Å². The standard InChI is InChI=1S/C13H17NO4/c1-8(2)14-12(13(15)16-3)9-4-5-10-11(6-9)18-7-17-10/h4-6,8,12,14H,7H2,1-3H3. The molecule has 1 unspecified atom stereocenters. The van der Waals surface area contributed by atoms with E-state index >= 15 is 0 Å². The molecule has 1 heterocycles. The zero-order valence-corrected chi connectivity index (χ0v) is 10.7. The van der Waals surface area contributed by atoms with Crippen molar-refractivity contribution in [3.05, 3.63) is 23.8 Å². The molecule has 98 valence electrons. The van der Waals surface area contributed by atoms with Gasteiger partial charge in [0.15, 0.2) is 11.5 Å². The number of carbonyl (C=O) groups excluding carboxylic acids is 1. The van der Waals surface area contributed by atoms with Crippen LogP contribution in [0.25, 0.3) is 0 Å². The molecule has 0 aromatic heterocycles. The van der Waals surface area contributed by atoms with E-state index in [2.05, 4.69) is 5.32 Å². The van der Waals surface area contributed by atoms with Gasteiger partial charge >= 0.3 is 5.97 Å². The van der Waals surface area contributed by atoms with Crippen LogP contribution < -0.4 is 14.8 Å². The summed E-state index contributed by atoms with van der Waals surface area (Å²) in [4.78, 5) is 11.8.